The number of aromatic nitrogens is 3. The van der Waals surface area contributed by atoms with Crippen molar-refractivity contribution in [2.75, 3.05) is 56.6 Å². The number of nitrogens with zero attached hydrogens (tertiary/aromatic N) is 6. The summed E-state index contributed by atoms with van der Waals surface area (Å²) < 4.78 is 0. The number of carbonyl (C=O) groups excluding carboxylic acids is 1. The van der Waals surface area contributed by atoms with Crippen molar-refractivity contribution in [3.05, 3.63) is 71.1 Å². The molecule has 0 atom stereocenters. The van der Waals surface area contributed by atoms with Crippen molar-refractivity contribution in [1.29, 1.82) is 0 Å². The molecule has 1 aliphatic rings. The van der Waals surface area contributed by atoms with E-state index in [0.717, 1.165) is 22.8 Å². The maximum absolute atomic E-state index is 12.1. The number of pyridine rings is 1. The van der Waals surface area contributed by atoms with E-state index in [1.165, 1.54) is 6.08 Å². The number of halogens is 1. The van der Waals surface area contributed by atoms with E-state index in [1.54, 1.807) is 31.3 Å². The number of carbonyl (C=O) groups is 2. The average Bonchev–Trinajstić information content (AvgIpc) is 2.92. The second-order valence-electron chi connectivity index (χ2n) is 8.97. The number of benzene rings is 1. The highest BCUT2D eigenvalue weighted by molar-refractivity contribution is 6.33. The van der Waals surface area contributed by atoms with Gasteiger partial charge in [-0.15, -0.1) is 0 Å². The van der Waals surface area contributed by atoms with Crippen LogP contribution in [0.3, 0.4) is 0 Å². The summed E-state index contributed by atoms with van der Waals surface area (Å²) in [4.78, 5) is 42.4. The van der Waals surface area contributed by atoms with Crippen LogP contribution in [0.4, 0.5) is 11.8 Å². The summed E-state index contributed by atoms with van der Waals surface area (Å²) in [7, 11) is 3.55. The Morgan fingerprint density at radius 2 is 1.76 bits per heavy atom. The van der Waals surface area contributed by atoms with Gasteiger partial charge in [0.05, 0.1) is 11.6 Å². The van der Waals surface area contributed by atoms with Crippen LogP contribution in [0.5, 0.6) is 0 Å². The Hall–Kier alpha value is -4.02. The van der Waals surface area contributed by atoms with Crippen molar-refractivity contribution < 1.29 is 14.7 Å². The standard InChI is InChI=1S/C27H30ClN7O3/c1-29-17-24(36)33(2)18-20-4-3-5-21(12-20)22-15-31-27(32-16-22)35-10-8-34(9-11-35)26-23(28)13-19(14-30-26)6-7-25(37)38/h3-7,12-16,29H,8-11,17-18H2,1-2H3,(H,37,38)/b7-6+. The monoisotopic (exact) mass is 535 g/mol. The summed E-state index contributed by atoms with van der Waals surface area (Å²) >= 11 is 6.43. The van der Waals surface area contributed by atoms with Crippen LogP contribution < -0.4 is 15.1 Å². The number of anilines is 2. The fourth-order valence-electron chi connectivity index (χ4n) is 4.19. The molecule has 1 amide bonds. The molecule has 2 N–H and O–H groups in total. The maximum Gasteiger partial charge on any atom is 0.328 e. The summed E-state index contributed by atoms with van der Waals surface area (Å²) in [6.45, 7) is 3.65. The largest absolute Gasteiger partial charge is 0.478 e. The molecule has 38 heavy (non-hydrogen) atoms. The Kier molecular flexibility index (Phi) is 8.88. The molecule has 0 radical (unpaired) electrons. The number of likely N-dealkylation sites (N-methyl/N-ethyl adjacent to an activating group) is 2. The second-order valence-corrected chi connectivity index (χ2v) is 9.38. The lowest BCUT2D eigenvalue weighted by atomic mass is 10.1. The predicted molar refractivity (Wildman–Crippen MR) is 148 cm³/mol. The molecule has 3 heterocycles. The number of piperazine rings is 1. The number of aliphatic carboxylic acids is 1. The minimum atomic E-state index is -1.02. The summed E-state index contributed by atoms with van der Waals surface area (Å²) in [5.74, 6) is 0.350. The normalized spacial score (nSPS) is 13.7. The van der Waals surface area contributed by atoms with Gasteiger partial charge >= 0.3 is 5.97 Å². The molecule has 10 nitrogen and oxygen atoms in total. The fourth-order valence-corrected chi connectivity index (χ4v) is 4.48. The van der Waals surface area contributed by atoms with Crippen LogP contribution in [0, 0.1) is 0 Å². The van der Waals surface area contributed by atoms with Gasteiger partial charge in [0.25, 0.3) is 0 Å². The van der Waals surface area contributed by atoms with E-state index >= 15 is 0 Å². The fraction of sp³-hybridized carbons (Fsp3) is 0.296. The van der Waals surface area contributed by atoms with Crippen LogP contribution in [0.25, 0.3) is 17.2 Å². The molecule has 0 spiro atoms. The predicted octanol–water partition coefficient (Wildman–Crippen LogP) is 2.79. The first-order chi connectivity index (χ1) is 18.3. The zero-order valence-corrected chi connectivity index (χ0v) is 22.1. The highest BCUT2D eigenvalue weighted by Crippen LogP contribution is 2.27. The highest BCUT2D eigenvalue weighted by Gasteiger charge is 2.22. The van der Waals surface area contributed by atoms with E-state index in [9.17, 15) is 9.59 Å². The quantitative estimate of drug-likeness (QED) is 0.399. The van der Waals surface area contributed by atoms with Crippen LogP contribution in [-0.2, 0) is 16.1 Å². The first-order valence-electron chi connectivity index (χ1n) is 12.2. The van der Waals surface area contributed by atoms with Crippen molar-refractivity contribution in [2.45, 2.75) is 6.54 Å². The molecule has 198 valence electrons. The number of carboxylic acid groups (broad SMARTS) is 1. The van der Waals surface area contributed by atoms with E-state index in [1.807, 2.05) is 30.6 Å². The van der Waals surface area contributed by atoms with E-state index in [0.29, 0.717) is 61.6 Å². The SMILES string of the molecule is CNCC(=O)N(C)Cc1cccc(-c2cnc(N3CCN(c4ncc(/C=C/C(=O)O)cc4Cl)CC3)nc2)c1. The lowest BCUT2D eigenvalue weighted by molar-refractivity contribution is -0.131. The minimum Gasteiger partial charge on any atom is -0.478 e. The first kappa shape index (κ1) is 27.0. The Morgan fingerprint density at radius 3 is 2.42 bits per heavy atom. The van der Waals surface area contributed by atoms with E-state index in [2.05, 4.69) is 36.1 Å². The van der Waals surface area contributed by atoms with Gasteiger partial charge in [-0.05, 0) is 41.9 Å². The number of hydrogen-bond donors (Lipinski definition) is 2. The summed E-state index contributed by atoms with van der Waals surface area (Å²) in [5, 5.41) is 12.2. The van der Waals surface area contributed by atoms with Gasteiger partial charge < -0.3 is 25.1 Å². The van der Waals surface area contributed by atoms with Crippen molar-refractivity contribution >= 4 is 41.3 Å². The maximum atomic E-state index is 12.1. The van der Waals surface area contributed by atoms with Crippen LogP contribution in [0.15, 0.2) is 55.0 Å². The van der Waals surface area contributed by atoms with Gasteiger partial charge in [-0.3, -0.25) is 4.79 Å². The smallest absolute Gasteiger partial charge is 0.328 e. The van der Waals surface area contributed by atoms with Crippen LogP contribution in [-0.4, -0.2) is 83.7 Å². The van der Waals surface area contributed by atoms with Gasteiger partial charge in [-0.1, -0.05) is 29.8 Å². The van der Waals surface area contributed by atoms with E-state index < -0.39 is 5.97 Å². The van der Waals surface area contributed by atoms with Gasteiger partial charge in [0.1, 0.15) is 5.82 Å². The Morgan fingerprint density at radius 1 is 1.05 bits per heavy atom. The van der Waals surface area contributed by atoms with Crippen LogP contribution in [0.1, 0.15) is 11.1 Å². The molecular formula is C27H30ClN7O3. The topological polar surface area (TPSA) is 115 Å². The van der Waals surface area contributed by atoms with Gasteiger partial charge in [-0.2, -0.15) is 0 Å². The van der Waals surface area contributed by atoms with Crippen LogP contribution in [0.2, 0.25) is 5.02 Å². The molecule has 1 aliphatic heterocycles. The lowest BCUT2D eigenvalue weighted by Gasteiger charge is -2.35. The highest BCUT2D eigenvalue weighted by atomic mass is 35.5. The molecular weight excluding hydrogens is 506 g/mol. The third-order valence-corrected chi connectivity index (χ3v) is 6.47. The number of rotatable bonds is 9. The lowest BCUT2D eigenvalue weighted by Crippen LogP contribution is -2.47. The van der Waals surface area contributed by atoms with Gasteiger partial charge in [0.2, 0.25) is 11.9 Å². The van der Waals surface area contributed by atoms with Gasteiger partial charge in [-0.25, -0.2) is 19.7 Å². The molecule has 0 saturated carbocycles. The number of amides is 1. The molecule has 0 bridgehead atoms. The Bertz CT molecular complexity index is 1310. The van der Waals surface area contributed by atoms with Crippen molar-refractivity contribution in [3.8, 4) is 11.1 Å². The number of carboxylic acids is 1. The Labute approximate surface area is 226 Å². The summed E-state index contributed by atoms with van der Waals surface area (Å²) in [6.07, 6.45) is 7.78. The van der Waals surface area contributed by atoms with Crippen molar-refractivity contribution in [2.24, 2.45) is 0 Å². The first-order valence-corrected chi connectivity index (χ1v) is 12.6. The van der Waals surface area contributed by atoms with E-state index in [4.69, 9.17) is 16.7 Å². The van der Waals surface area contributed by atoms with Gasteiger partial charge in [0, 0.05) is 70.0 Å². The molecule has 1 fully saturated rings. The van der Waals surface area contributed by atoms with Crippen molar-refractivity contribution in [3.63, 3.8) is 0 Å². The van der Waals surface area contributed by atoms with E-state index in [-0.39, 0.29) is 5.91 Å². The second kappa shape index (κ2) is 12.5. The molecule has 3 aromatic rings. The minimum absolute atomic E-state index is 0.0358. The molecule has 1 aromatic carbocycles. The summed E-state index contributed by atoms with van der Waals surface area (Å²) in [5.41, 5.74) is 3.57. The average molecular weight is 536 g/mol. The molecule has 11 heteroatoms. The Balaban J connectivity index is 1.36. The molecule has 1 saturated heterocycles. The zero-order valence-electron chi connectivity index (χ0n) is 21.3. The van der Waals surface area contributed by atoms with Crippen molar-refractivity contribution in [1.82, 2.24) is 25.2 Å². The summed E-state index contributed by atoms with van der Waals surface area (Å²) in [6, 6.07) is 9.76. The van der Waals surface area contributed by atoms with Crippen LogP contribution >= 0.6 is 11.6 Å². The molecule has 4 rings (SSSR count). The third kappa shape index (κ3) is 6.84. The molecule has 2 aromatic heterocycles. The van der Waals surface area contributed by atoms with Gasteiger partial charge in [0.15, 0.2) is 0 Å². The third-order valence-electron chi connectivity index (χ3n) is 6.20. The molecule has 0 aliphatic carbocycles. The number of hydrogen-bond acceptors (Lipinski definition) is 8. The zero-order chi connectivity index (χ0) is 27.1. The number of nitrogens with one attached hydrogen (secondary N) is 1. The molecule has 0 unspecified atom stereocenters.